The lowest BCUT2D eigenvalue weighted by atomic mass is 10.1. The van der Waals surface area contributed by atoms with Crippen molar-refractivity contribution in [3.05, 3.63) is 40.9 Å². The van der Waals surface area contributed by atoms with E-state index in [9.17, 15) is 0 Å². The highest BCUT2D eigenvalue weighted by molar-refractivity contribution is 9.10. The minimum Gasteiger partial charge on any atom is -0.489 e. The third-order valence-electron chi connectivity index (χ3n) is 3.74. The van der Waals surface area contributed by atoms with Gasteiger partial charge in [0.25, 0.3) is 0 Å². The van der Waals surface area contributed by atoms with Crippen LogP contribution in [-0.2, 0) is 0 Å². The number of hydrogen-bond acceptors (Lipinski definition) is 2. The second-order valence-corrected chi connectivity index (χ2v) is 6.40. The van der Waals surface area contributed by atoms with E-state index < -0.39 is 0 Å². The number of halogens is 1. The van der Waals surface area contributed by atoms with E-state index >= 15 is 0 Å². The molecule has 0 aliphatic heterocycles. The zero-order valence-corrected chi connectivity index (χ0v) is 13.3. The van der Waals surface area contributed by atoms with Gasteiger partial charge in [-0.3, -0.25) is 0 Å². The van der Waals surface area contributed by atoms with Crippen molar-refractivity contribution in [3.63, 3.8) is 0 Å². The van der Waals surface area contributed by atoms with Gasteiger partial charge in [0.05, 0.1) is 0 Å². The summed E-state index contributed by atoms with van der Waals surface area (Å²) < 4.78 is 7.22. The molecule has 2 aromatic carbocycles. The lowest BCUT2D eigenvalue weighted by Crippen LogP contribution is -2.32. The molecule has 2 nitrogen and oxygen atoms in total. The molecule has 106 valence electrons. The molecule has 1 atom stereocenters. The highest BCUT2D eigenvalue weighted by Crippen LogP contribution is 2.25. The van der Waals surface area contributed by atoms with Crippen molar-refractivity contribution in [2.45, 2.75) is 38.3 Å². The van der Waals surface area contributed by atoms with Crippen molar-refractivity contribution in [1.82, 2.24) is 5.32 Å². The first-order valence-electron chi connectivity index (χ1n) is 7.34. The highest BCUT2D eigenvalue weighted by atomic mass is 79.9. The first kappa shape index (κ1) is 13.9. The van der Waals surface area contributed by atoms with Crippen LogP contribution in [0.4, 0.5) is 0 Å². The highest BCUT2D eigenvalue weighted by Gasteiger charge is 2.21. The monoisotopic (exact) mass is 333 g/mol. The topological polar surface area (TPSA) is 21.3 Å². The Hall–Kier alpha value is -1.06. The standard InChI is InChI=1S/C17H20BrNO/c1-2-16(11-19-15-6-7-15)20-17-8-4-12-9-14(18)5-3-13(12)10-17/h3-5,8-10,15-16,19H,2,6-7,11H2,1H3. The minimum absolute atomic E-state index is 0.253. The number of fused-ring (bicyclic) bond motifs is 1. The first-order chi connectivity index (χ1) is 9.74. The van der Waals surface area contributed by atoms with Crippen LogP contribution in [-0.4, -0.2) is 18.7 Å². The molecule has 0 bridgehead atoms. The van der Waals surface area contributed by atoms with Crippen LogP contribution in [0.25, 0.3) is 10.8 Å². The summed E-state index contributed by atoms with van der Waals surface area (Å²) in [5, 5.41) is 5.99. The molecule has 1 N–H and O–H groups in total. The Morgan fingerprint density at radius 1 is 1.20 bits per heavy atom. The molecule has 1 aliphatic carbocycles. The van der Waals surface area contributed by atoms with Gasteiger partial charge < -0.3 is 10.1 Å². The van der Waals surface area contributed by atoms with Crippen LogP contribution in [0.1, 0.15) is 26.2 Å². The van der Waals surface area contributed by atoms with Crippen LogP contribution >= 0.6 is 15.9 Å². The molecule has 2 aromatic rings. The van der Waals surface area contributed by atoms with Gasteiger partial charge in [0.1, 0.15) is 11.9 Å². The van der Waals surface area contributed by atoms with E-state index in [-0.39, 0.29) is 6.10 Å². The summed E-state index contributed by atoms with van der Waals surface area (Å²) in [6.07, 6.45) is 3.92. The van der Waals surface area contributed by atoms with Gasteiger partial charge in [-0.2, -0.15) is 0 Å². The zero-order chi connectivity index (χ0) is 13.9. The van der Waals surface area contributed by atoms with Gasteiger partial charge in [0, 0.05) is 17.1 Å². The maximum absolute atomic E-state index is 6.11. The predicted octanol–water partition coefficient (Wildman–Crippen LogP) is 4.51. The van der Waals surface area contributed by atoms with E-state index in [4.69, 9.17) is 4.74 Å². The van der Waals surface area contributed by atoms with Gasteiger partial charge in [0.15, 0.2) is 0 Å². The molecule has 1 fully saturated rings. The van der Waals surface area contributed by atoms with Gasteiger partial charge in [-0.15, -0.1) is 0 Å². The number of benzene rings is 2. The lowest BCUT2D eigenvalue weighted by molar-refractivity contribution is 0.193. The molecule has 0 radical (unpaired) electrons. The van der Waals surface area contributed by atoms with E-state index in [0.29, 0.717) is 0 Å². The molecule has 3 rings (SSSR count). The van der Waals surface area contributed by atoms with Crippen LogP contribution < -0.4 is 10.1 Å². The third-order valence-corrected chi connectivity index (χ3v) is 4.24. The number of rotatable bonds is 6. The number of hydrogen-bond donors (Lipinski definition) is 1. The molecule has 3 heteroatoms. The van der Waals surface area contributed by atoms with E-state index in [1.807, 2.05) is 0 Å². The Bertz CT molecular complexity index is 595. The summed E-state index contributed by atoms with van der Waals surface area (Å²) >= 11 is 3.50. The molecular weight excluding hydrogens is 314 g/mol. The minimum atomic E-state index is 0.253. The molecule has 0 aromatic heterocycles. The molecule has 0 saturated heterocycles. The summed E-state index contributed by atoms with van der Waals surface area (Å²) in [6.45, 7) is 3.12. The van der Waals surface area contributed by atoms with Gasteiger partial charge >= 0.3 is 0 Å². The van der Waals surface area contributed by atoms with Crippen LogP contribution in [0.15, 0.2) is 40.9 Å². The SMILES string of the molecule is CCC(CNC1CC1)Oc1ccc2cc(Br)ccc2c1. The van der Waals surface area contributed by atoms with E-state index in [1.54, 1.807) is 0 Å². The van der Waals surface area contributed by atoms with Gasteiger partial charge in [0.2, 0.25) is 0 Å². The van der Waals surface area contributed by atoms with Gasteiger partial charge in [-0.05, 0) is 54.3 Å². The van der Waals surface area contributed by atoms with E-state index in [0.717, 1.165) is 29.2 Å². The summed E-state index contributed by atoms with van der Waals surface area (Å²) in [6, 6.07) is 13.4. The molecule has 1 unspecified atom stereocenters. The molecule has 0 spiro atoms. The van der Waals surface area contributed by atoms with Crippen molar-refractivity contribution >= 4 is 26.7 Å². The Balaban J connectivity index is 1.70. The fourth-order valence-electron chi connectivity index (χ4n) is 2.32. The molecule has 20 heavy (non-hydrogen) atoms. The Morgan fingerprint density at radius 2 is 1.95 bits per heavy atom. The lowest BCUT2D eigenvalue weighted by Gasteiger charge is -2.18. The van der Waals surface area contributed by atoms with Crippen LogP contribution in [0.3, 0.4) is 0 Å². The second-order valence-electron chi connectivity index (χ2n) is 5.48. The van der Waals surface area contributed by atoms with Crippen molar-refractivity contribution in [3.8, 4) is 5.75 Å². The Morgan fingerprint density at radius 3 is 2.70 bits per heavy atom. The summed E-state index contributed by atoms with van der Waals surface area (Å²) in [5.41, 5.74) is 0. The maximum Gasteiger partial charge on any atom is 0.120 e. The second kappa shape index (κ2) is 6.15. The zero-order valence-electron chi connectivity index (χ0n) is 11.7. The van der Waals surface area contributed by atoms with Crippen LogP contribution in [0, 0.1) is 0 Å². The molecule has 0 amide bonds. The van der Waals surface area contributed by atoms with Crippen molar-refractivity contribution in [2.75, 3.05) is 6.54 Å². The Kier molecular flexibility index (Phi) is 4.27. The quantitative estimate of drug-likeness (QED) is 0.839. The molecule has 1 aliphatic rings. The predicted molar refractivity (Wildman–Crippen MR) is 87.4 cm³/mol. The summed E-state index contributed by atoms with van der Waals surface area (Å²) in [4.78, 5) is 0. The molecule has 0 heterocycles. The van der Waals surface area contributed by atoms with Crippen LogP contribution in [0.2, 0.25) is 0 Å². The Labute approximate surface area is 128 Å². The summed E-state index contributed by atoms with van der Waals surface area (Å²) in [5.74, 6) is 0.962. The normalized spacial score (nSPS) is 16.3. The molecular formula is C17H20BrNO. The third kappa shape index (κ3) is 3.53. The average Bonchev–Trinajstić information content (AvgIpc) is 3.27. The number of ether oxygens (including phenoxy) is 1. The van der Waals surface area contributed by atoms with Crippen molar-refractivity contribution in [2.24, 2.45) is 0 Å². The maximum atomic E-state index is 6.11. The first-order valence-corrected chi connectivity index (χ1v) is 8.13. The fourth-order valence-corrected chi connectivity index (χ4v) is 2.69. The van der Waals surface area contributed by atoms with Crippen molar-refractivity contribution < 1.29 is 4.74 Å². The average molecular weight is 334 g/mol. The van der Waals surface area contributed by atoms with Crippen molar-refractivity contribution in [1.29, 1.82) is 0 Å². The fraction of sp³-hybridized carbons (Fsp3) is 0.412. The van der Waals surface area contributed by atoms with Gasteiger partial charge in [-0.25, -0.2) is 0 Å². The molecule has 1 saturated carbocycles. The summed E-state index contributed by atoms with van der Waals surface area (Å²) in [7, 11) is 0. The smallest absolute Gasteiger partial charge is 0.120 e. The largest absolute Gasteiger partial charge is 0.489 e. The number of nitrogens with one attached hydrogen (secondary N) is 1. The van der Waals surface area contributed by atoms with E-state index in [2.05, 4.69) is 64.6 Å². The van der Waals surface area contributed by atoms with Gasteiger partial charge in [-0.1, -0.05) is 35.0 Å². The van der Waals surface area contributed by atoms with E-state index in [1.165, 1.54) is 23.6 Å². The van der Waals surface area contributed by atoms with Crippen LogP contribution in [0.5, 0.6) is 5.75 Å².